The standard InChI is InChI=1S/C20H24ClN3O3S2/c1-23(29(26,27)19-8-4-17(21)5-9-19)15-20(25)22-18-6-2-16(3-7-18)14-24-10-12-28-13-11-24/h2-9H,10-15H2,1H3,(H,22,25). The molecular weight excluding hydrogens is 430 g/mol. The number of benzene rings is 2. The van der Waals surface area contributed by atoms with Crippen LogP contribution in [0.5, 0.6) is 0 Å². The largest absolute Gasteiger partial charge is 0.325 e. The van der Waals surface area contributed by atoms with E-state index >= 15 is 0 Å². The number of halogens is 1. The van der Waals surface area contributed by atoms with Crippen molar-refractivity contribution in [1.82, 2.24) is 9.21 Å². The summed E-state index contributed by atoms with van der Waals surface area (Å²) in [5.41, 5.74) is 1.84. The monoisotopic (exact) mass is 453 g/mol. The number of anilines is 1. The molecule has 0 aromatic heterocycles. The molecule has 6 nitrogen and oxygen atoms in total. The second-order valence-corrected chi connectivity index (χ2v) is 10.6. The maximum absolute atomic E-state index is 12.6. The first-order valence-electron chi connectivity index (χ1n) is 9.25. The minimum absolute atomic E-state index is 0.0951. The number of thioether (sulfide) groups is 1. The Morgan fingerprint density at radius 3 is 2.34 bits per heavy atom. The van der Waals surface area contributed by atoms with E-state index in [9.17, 15) is 13.2 Å². The quantitative estimate of drug-likeness (QED) is 0.697. The van der Waals surface area contributed by atoms with Crippen molar-refractivity contribution >= 4 is 45.0 Å². The summed E-state index contributed by atoms with van der Waals surface area (Å²) in [7, 11) is -2.38. The Morgan fingerprint density at radius 1 is 1.10 bits per heavy atom. The number of carbonyl (C=O) groups excluding carboxylic acids is 1. The van der Waals surface area contributed by atoms with Crippen molar-refractivity contribution in [3.8, 4) is 0 Å². The molecule has 3 rings (SSSR count). The predicted molar refractivity (Wildman–Crippen MR) is 119 cm³/mol. The van der Waals surface area contributed by atoms with E-state index in [0.29, 0.717) is 10.7 Å². The Labute approximate surface area is 181 Å². The van der Waals surface area contributed by atoms with Gasteiger partial charge in [0.1, 0.15) is 0 Å². The van der Waals surface area contributed by atoms with Crippen LogP contribution in [0.3, 0.4) is 0 Å². The van der Waals surface area contributed by atoms with E-state index in [1.165, 1.54) is 48.4 Å². The molecule has 0 saturated carbocycles. The molecule has 1 aliphatic rings. The van der Waals surface area contributed by atoms with Gasteiger partial charge in [-0.2, -0.15) is 16.1 Å². The Morgan fingerprint density at radius 2 is 1.72 bits per heavy atom. The molecule has 0 atom stereocenters. The molecule has 1 amide bonds. The molecule has 0 spiro atoms. The van der Waals surface area contributed by atoms with Gasteiger partial charge in [-0.3, -0.25) is 9.69 Å². The van der Waals surface area contributed by atoms with Gasteiger partial charge >= 0.3 is 0 Å². The highest BCUT2D eigenvalue weighted by molar-refractivity contribution is 7.99. The molecule has 1 fully saturated rings. The summed E-state index contributed by atoms with van der Waals surface area (Å²) in [6.45, 7) is 2.81. The van der Waals surface area contributed by atoms with Gasteiger partial charge in [-0.25, -0.2) is 8.42 Å². The van der Waals surface area contributed by atoms with Gasteiger partial charge in [0, 0.05) is 48.9 Å². The fourth-order valence-corrected chi connectivity index (χ4v) is 5.22. The van der Waals surface area contributed by atoms with E-state index in [0.717, 1.165) is 23.9 Å². The lowest BCUT2D eigenvalue weighted by Gasteiger charge is -2.26. The molecule has 1 N–H and O–H groups in total. The SMILES string of the molecule is CN(CC(=O)Nc1ccc(CN2CCSCC2)cc1)S(=O)(=O)c1ccc(Cl)cc1. The van der Waals surface area contributed by atoms with Crippen LogP contribution >= 0.6 is 23.4 Å². The molecule has 1 aliphatic heterocycles. The molecule has 0 aliphatic carbocycles. The van der Waals surface area contributed by atoms with Crippen molar-refractivity contribution in [2.75, 3.05) is 43.5 Å². The molecule has 156 valence electrons. The first-order chi connectivity index (χ1) is 13.8. The van der Waals surface area contributed by atoms with Gasteiger partial charge in [-0.05, 0) is 42.0 Å². The third-order valence-corrected chi connectivity index (χ3v) is 7.65. The lowest BCUT2D eigenvalue weighted by atomic mass is 10.2. The van der Waals surface area contributed by atoms with Crippen molar-refractivity contribution in [2.24, 2.45) is 0 Å². The van der Waals surface area contributed by atoms with Crippen molar-refractivity contribution in [3.63, 3.8) is 0 Å². The zero-order chi connectivity index (χ0) is 20.9. The minimum Gasteiger partial charge on any atom is -0.325 e. The van der Waals surface area contributed by atoms with Gasteiger partial charge in [-0.1, -0.05) is 23.7 Å². The molecule has 0 bridgehead atoms. The third-order valence-electron chi connectivity index (χ3n) is 4.64. The van der Waals surface area contributed by atoms with E-state index in [1.807, 2.05) is 36.0 Å². The summed E-state index contributed by atoms with van der Waals surface area (Å²) in [6, 6.07) is 13.5. The fourth-order valence-electron chi connectivity index (χ4n) is 2.99. The number of nitrogens with one attached hydrogen (secondary N) is 1. The minimum atomic E-state index is -3.76. The Balaban J connectivity index is 1.55. The molecule has 0 unspecified atom stereocenters. The van der Waals surface area contributed by atoms with Crippen LogP contribution in [0.2, 0.25) is 5.02 Å². The van der Waals surface area contributed by atoms with Gasteiger partial charge in [0.15, 0.2) is 0 Å². The number of sulfonamides is 1. The summed E-state index contributed by atoms with van der Waals surface area (Å²) in [4.78, 5) is 14.8. The van der Waals surface area contributed by atoms with Crippen LogP contribution in [0.25, 0.3) is 0 Å². The molecular formula is C20H24ClN3O3S2. The Bertz CT molecular complexity index is 928. The molecule has 1 heterocycles. The first-order valence-corrected chi connectivity index (χ1v) is 12.2. The van der Waals surface area contributed by atoms with E-state index in [-0.39, 0.29) is 11.4 Å². The number of hydrogen-bond donors (Lipinski definition) is 1. The lowest BCUT2D eigenvalue weighted by molar-refractivity contribution is -0.116. The summed E-state index contributed by atoms with van der Waals surface area (Å²) in [5.74, 6) is 1.94. The van der Waals surface area contributed by atoms with Crippen LogP contribution < -0.4 is 5.32 Å². The predicted octanol–water partition coefficient (Wildman–Crippen LogP) is 3.15. The van der Waals surface area contributed by atoms with Gasteiger partial charge in [0.2, 0.25) is 15.9 Å². The Hall–Kier alpha value is -1.58. The normalized spacial score (nSPS) is 15.4. The van der Waals surface area contributed by atoms with E-state index in [2.05, 4.69) is 10.2 Å². The summed E-state index contributed by atoms with van der Waals surface area (Å²) >= 11 is 7.79. The number of amides is 1. The maximum atomic E-state index is 12.6. The number of nitrogens with zero attached hydrogens (tertiary/aromatic N) is 2. The first kappa shape index (κ1) is 22.1. The second kappa shape index (κ2) is 9.95. The average Bonchev–Trinajstić information content (AvgIpc) is 2.70. The number of rotatable bonds is 7. The number of hydrogen-bond acceptors (Lipinski definition) is 5. The highest BCUT2D eigenvalue weighted by Crippen LogP contribution is 2.18. The topological polar surface area (TPSA) is 69.7 Å². The molecule has 29 heavy (non-hydrogen) atoms. The summed E-state index contributed by atoms with van der Waals surface area (Å²) < 4.78 is 26.1. The number of likely N-dealkylation sites (N-methyl/N-ethyl adjacent to an activating group) is 1. The zero-order valence-electron chi connectivity index (χ0n) is 16.2. The lowest BCUT2D eigenvalue weighted by Crippen LogP contribution is -2.35. The molecule has 0 radical (unpaired) electrons. The zero-order valence-corrected chi connectivity index (χ0v) is 18.6. The maximum Gasteiger partial charge on any atom is 0.243 e. The van der Waals surface area contributed by atoms with E-state index in [4.69, 9.17) is 11.6 Å². The van der Waals surface area contributed by atoms with Crippen LogP contribution in [0, 0.1) is 0 Å². The summed E-state index contributed by atoms with van der Waals surface area (Å²) in [5, 5.41) is 3.20. The third kappa shape index (κ3) is 6.20. The van der Waals surface area contributed by atoms with Crippen LogP contribution in [0.15, 0.2) is 53.4 Å². The fraction of sp³-hybridized carbons (Fsp3) is 0.350. The van der Waals surface area contributed by atoms with Crippen molar-refractivity contribution < 1.29 is 13.2 Å². The molecule has 9 heteroatoms. The van der Waals surface area contributed by atoms with Crippen LogP contribution in [0.4, 0.5) is 5.69 Å². The molecule has 1 saturated heterocycles. The van der Waals surface area contributed by atoms with E-state index < -0.39 is 15.9 Å². The van der Waals surface area contributed by atoms with Crippen LogP contribution in [-0.4, -0.2) is 61.7 Å². The summed E-state index contributed by atoms with van der Waals surface area (Å²) in [6.07, 6.45) is 0. The highest BCUT2D eigenvalue weighted by atomic mass is 35.5. The average molecular weight is 454 g/mol. The van der Waals surface area contributed by atoms with Crippen LogP contribution in [-0.2, 0) is 21.4 Å². The van der Waals surface area contributed by atoms with Gasteiger partial charge in [0.05, 0.1) is 11.4 Å². The Kier molecular flexibility index (Phi) is 7.59. The van der Waals surface area contributed by atoms with Crippen LogP contribution in [0.1, 0.15) is 5.56 Å². The number of carbonyl (C=O) groups is 1. The van der Waals surface area contributed by atoms with E-state index in [1.54, 1.807) is 0 Å². The highest BCUT2D eigenvalue weighted by Gasteiger charge is 2.23. The van der Waals surface area contributed by atoms with Gasteiger partial charge in [-0.15, -0.1) is 0 Å². The van der Waals surface area contributed by atoms with Crippen molar-refractivity contribution in [3.05, 3.63) is 59.1 Å². The van der Waals surface area contributed by atoms with Crippen molar-refractivity contribution in [1.29, 1.82) is 0 Å². The smallest absolute Gasteiger partial charge is 0.243 e. The van der Waals surface area contributed by atoms with Gasteiger partial charge < -0.3 is 5.32 Å². The van der Waals surface area contributed by atoms with Gasteiger partial charge in [0.25, 0.3) is 0 Å². The second-order valence-electron chi connectivity index (χ2n) is 6.85. The molecule has 2 aromatic carbocycles. The molecule has 2 aromatic rings. The van der Waals surface area contributed by atoms with Crippen molar-refractivity contribution in [2.45, 2.75) is 11.4 Å².